The molecule has 2 aromatic rings. The summed E-state index contributed by atoms with van der Waals surface area (Å²) in [5, 5.41) is 14.3. The van der Waals surface area contributed by atoms with Crippen LogP contribution < -0.4 is 5.32 Å². The molecular formula is C26H39N5O3Si. The minimum atomic E-state index is -1.16. The van der Waals surface area contributed by atoms with Crippen LogP contribution in [-0.2, 0) is 16.2 Å². The maximum Gasteiger partial charge on any atom is 0.411 e. The number of aromatic nitrogens is 2. The standard InChI is InChI=1S/C26H39N5O3Si/c1-25(2,3)34-24(32)31-21(14-26(31)9-7-10-28-17-26)22-19(15-27)16-29-23-20(22)8-11-30(23)18-33-12-13-35(4,5)6/h8,11,16,21,28H,7,9-10,12-14,17-18H2,1-6H3. The second kappa shape index (κ2) is 9.56. The largest absolute Gasteiger partial charge is 0.444 e. The second-order valence-electron chi connectivity index (χ2n) is 12.1. The van der Waals surface area contributed by atoms with Crippen LogP contribution in [0.2, 0.25) is 25.7 Å². The Kier molecular flexibility index (Phi) is 7.02. The molecular weight excluding hydrogens is 458 g/mol. The molecule has 2 atom stereocenters. The number of ether oxygens (including phenoxy) is 2. The maximum absolute atomic E-state index is 13.4. The first-order valence-electron chi connectivity index (χ1n) is 12.6. The summed E-state index contributed by atoms with van der Waals surface area (Å²) in [6, 6.07) is 5.19. The Morgan fingerprint density at radius 3 is 2.77 bits per heavy atom. The van der Waals surface area contributed by atoms with Gasteiger partial charge in [-0.05, 0) is 58.7 Å². The van der Waals surface area contributed by atoms with Gasteiger partial charge in [-0.15, -0.1) is 0 Å². The van der Waals surface area contributed by atoms with Crippen molar-refractivity contribution in [3.63, 3.8) is 0 Å². The number of pyridine rings is 1. The topological polar surface area (TPSA) is 92.4 Å². The number of carbonyl (C=O) groups excluding carboxylic acids is 1. The zero-order chi connectivity index (χ0) is 25.4. The lowest BCUT2D eigenvalue weighted by molar-refractivity contribution is -0.0914. The number of hydrogen-bond acceptors (Lipinski definition) is 6. The summed E-state index contributed by atoms with van der Waals surface area (Å²) in [5.74, 6) is 0. The van der Waals surface area contributed by atoms with E-state index in [1.807, 2.05) is 42.5 Å². The predicted octanol–water partition coefficient (Wildman–Crippen LogP) is 5.02. The smallest absolute Gasteiger partial charge is 0.411 e. The maximum atomic E-state index is 13.4. The van der Waals surface area contributed by atoms with E-state index in [-0.39, 0.29) is 17.7 Å². The molecule has 2 unspecified atom stereocenters. The highest BCUT2D eigenvalue weighted by atomic mass is 28.3. The highest BCUT2D eigenvalue weighted by Crippen LogP contribution is 2.52. The van der Waals surface area contributed by atoms with Gasteiger partial charge >= 0.3 is 6.09 Å². The van der Waals surface area contributed by atoms with Gasteiger partial charge in [-0.25, -0.2) is 9.78 Å². The third-order valence-electron chi connectivity index (χ3n) is 6.95. The van der Waals surface area contributed by atoms with Crippen molar-refractivity contribution in [2.75, 3.05) is 19.7 Å². The number of fused-ring (bicyclic) bond motifs is 1. The Morgan fingerprint density at radius 1 is 1.37 bits per heavy atom. The van der Waals surface area contributed by atoms with Gasteiger partial charge in [0, 0.05) is 44.6 Å². The van der Waals surface area contributed by atoms with E-state index in [0.717, 1.165) is 61.6 Å². The number of carbonyl (C=O) groups is 1. The molecule has 2 aliphatic heterocycles. The third-order valence-corrected chi connectivity index (χ3v) is 8.65. The van der Waals surface area contributed by atoms with Gasteiger partial charge in [-0.3, -0.25) is 4.90 Å². The zero-order valence-electron chi connectivity index (χ0n) is 22.0. The number of likely N-dealkylation sites (tertiary alicyclic amines) is 1. The van der Waals surface area contributed by atoms with Crippen LogP contribution >= 0.6 is 0 Å². The minimum absolute atomic E-state index is 0.228. The second-order valence-corrected chi connectivity index (χ2v) is 17.8. The van der Waals surface area contributed by atoms with Crippen LogP contribution in [0.3, 0.4) is 0 Å². The predicted molar refractivity (Wildman–Crippen MR) is 139 cm³/mol. The summed E-state index contributed by atoms with van der Waals surface area (Å²) in [7, 11) is -1.16. The van der Waals surface area contributed by atoms with Crippen molar-refractivity contribution in [1.82, 2.24) is 19.8 Å². The number of nitrogens with zero attached hydrogens (tertiary/aromatic N) is 4. The fourth-order valence-corrected chi connectivity index (χ4v) is 5.97. The summed E-state index contributed by atoms with van der Waals surface area (Å²) >= 11 is 0. The summed E-state index contributed by atoms with van der Waals surface area (Å²) < 4.78 is 13.8. The molecule has 1 amide bonds. The van der Waals surface area contributed by atoms with Crippen LogP contribution in [0.1, 0.15) is 57.2 Å². The molecule has 1 spiro atoms. The number of rotatable bonds is 6. The van der Waals surface area contributed by atoms with E-state index in [1.165, 1.54) is 0 Å². The van der Waals surface area contributed by atoms with Gasteiger partial charge in [-0.1, -0.05) is 19.6 Å². The van der Waals surface area contributed by atoms with Gasteiger partial charge in [0.2, 0.25) is 0 Å². The molecule has 2 fully saturated rings. The fourth-order valence-electron chi connectivity index (χ4n) is 5.21. The van der Waals surface area contributed by atoms with E-state index < -0.39 is 13.7 Å². The summed E-state index contributed by atoms with van der Waals surface area (Å²) in [5.41, 5.74) is 1.27. The van der Waals surface area contributed by atoms with E-state index >= 15 is 0 Å². The molecule has 2 saturated heterocycles. The van der Waals surface area contributed by atoms with Crippen LogP contribution in [0.5, 0.6) is 0 Å². The zero-order valence-corrected chi connectivity index (χ0v) is 23.0. The van der Waals surface area contributed by atoms with Crippen molar-refractivity contribution >= 4 is 25.2 Å². The van der Waals surface area contributed by atoms with Crippen molar-refractivity contribution < 1.29 is 14.3 Å². The van der Waals surface area contributed by atoms with E-state index in [2.05, 4.69) is 36.0 Å². The van der Waals surface area contributed by atoms with Crippen LogP contribution in [0.25, 0.3) is 11.0 Å². The quantitative estimate of drug-likeness (QED) is 0.445. The molecule has 4 rings (SSSR count). The molecule has 190 valence electrons. The van der Waals surface area contributed by atoms with E-state index in [0.29, 0.717) is 12.3 Å². The number of hydrogen-bond donors (Lipinski definition) is 1. The highest BCUT2D eigenvalue weighted by Gasteiger charge is 2.57. The fraction of sp³-hybridized carbons (Fsp3) is 0.654. The first kappa shape index (κ1) is 25.7. The molecule has 0 aliphatic carbocycles. The van der Waals surface area contributed by atoms with Crippen LogP contribution in [0, 0.1) is 11.3 Å². The molecule has 2 aliphatic rings. The lowest BCUT2D eigenvalue weighted by Gasteiger charge is -2.59. The average Bonchev–Trinajstić information content (AvgIpc) is 3.16. The average molecular weight is 498 g/mol. The van der Waals surface area contributed by atoms with Crippen LogP contribution in [-0.4, -0.2) is 59.5 Å². The number of nitriles is 1. The van der Waals surface area contributed by atoms with Crippen molar-refractivity contribution in [3.05, 3.63) is 29.6 Å². The lowest BCUT2D eigenvalue weighted by Crippen LogP contribution is -2.69. The van der Waals surface area contributed by atoms with Gasteiger partial charge < -0.3 is 19.4 Å². The Bertz CT molecular complexity index is 1120. The number of piperidine rings is 1. The highest BCUT2D eigenvalue weighted by molar-refractivity contribution is 6.76. The Balaban J connectivity index is 1.66. The third kappa shape index (κ3) is 5.40. The molecule has 0 aromatic carbocycles. The molecule has 8 nitrogen and oxygen atoms in total. The first-order chi connectivity index (χ1) is 16.4. The lowest BCUT2D eigenvalue weighted by atomic mass is 9.70. The molecule has 9 heteroatoms. The Labute approximate surface area is 209 Å². The van der Waals surface area contributed by atoms with Crippen molar-refractivity contribution in [3.8, 4) is 6.07 Å². The van der Waals surface area contributed by atoms with Gasteiger partial charge in [0.25, 0.3) is 0 Å². The van der Waals surface area contributed by atoms with E-state index in [1.54, 1.807) is 6.20 Å². The van der Waals surface area contributed by atoms with E-state index in [9.17, 15) is 10.1 Å². The van der Waals surface area contributed by atoms with Gasteiger partial charge in [0.1, 0.15) is 24.0 Å². The van der Waals surface area contributed by atoms with Crippen molar-refractivity contribution in [1.29, 1.82) is 5.26 Å². The van der Waals surface area contributed by atoms with Crippen LogP contribution in [0.4, 0.5) is 4.79 Å². The summed E-state index contributed by atoms with van der Waals surface area (Å²) in [6.07, 6.45) is 6.01. The molecule has 0 saturated carbocycles. The van der Waals surface area contributed by atoms with Crippen LogP contribution in [0.15, 0.2) is 18.5 Å². The number of amides is 1. The molecule has 35 heavy (non-hydrogen) atoms. The van der Waals surface area contributed by atoms with Gasteiger partial charge in [-0.2, -0.15) is 5.26 Å². The Morgan fingerprint density at radius 2 is 2.14 bits per heavy atom. The van der Waals surface area contributed by atoms with Gasteiger partial charge in [0.15, 0.2) is 0 Å². The molecule has 4 heterocycles. The monoisotopic (exact) mass is 497 g/mol. The first-order valence-corrected chi connectivity index (χ1v) is 16.3. The molecule has 1 N–H and O–H groups in total. The SMILES string of the molecule is CC(C)(C)OC(=O)N1C(c2c(C#N)cnc3c2ccn3COCC[Si](C)(C)C)CC12CCCNC2. The molecule has 2 aromatic heterocycles. The molecule has 0 bridgehead atoms. The van der Waals surface area contributed by atoms with Crippen molar-refractivity contribution in [2.45, 2.75) is 89.6 Å². The number of nitrogens with one attached hydrogen (secondary N) is 1. The van der Waals surface area contributed by atoms with E-state index in [4.69, 9.17) is 9.47 Å². The summed E-state index contributed by atoms with van der Waals surface area (Å²) in [6.45, 7) is 15.5. The normalized spacial score (nSPS) is 22.8. The minimum Gasteiger partial charge on any atom is -0.444 e. The summed E-state index contributed by atoms with van der Waals surface area (Å²) in [4.78, 5) is 19.9. The molecule has 0 radical (unpaired) electrons. The van der Waals surface area contributed by atoms with Crippen molar-refractivity contribution in [2.24, 2.45) is 0 Å². The Hall–Kier alpha value is -2.41. The van der Waals surface area contributed by atoms with Gasteiger partial charge in [0.05, 0.1) is 17.1 Å².